The maximum Gasteiger partial charge on any atom is 0.147 e. The fourth-order valence-corrected chi connectivity index (χ4v) is 4.95. The maximum atomic E-state index is 11.3. The van der Waals surface area contributed by atoms with E-state index < -0.39 is 9.84 Å². The van der Waals surface area contributed by atoms with Crippen LogP contribution in [0.4, 0.5) is 0 Å². The minimum absolute atomic E-state index is 0.191. The Bertz CT molecular complexity index is 584. The largest absolute Gasteiger partial charge is 0.293 e. The molecule has 1 saturated heterocycles. The Balaban J connectivity index is 1.76. The summed E-state index contributed by atoms with van der Waals surface area (Å²) in [6.45, 7) is 2.04. The lowest BCUT2D eigenvalue weighted by molar-refractivity contribution is -0.114. The zero-order valence-electron chi connectivity index (χ0n) is 12.8. The smallest absolute Gasteiger partial charge is 0.147 e. The SMILES string of the molecule is CS(=O)(=O)CCCN1C[C@@H]2CCCC[C@]21c1ccccc1. The van der Waals surface area contributed by atoms with Crippen LogP contribution in [0.1, 0.15) is 37.7 Å². The van der Waals surface area contributed by atoms with E-state index in [1.807, 2.05) is 0 Å². The Morgan fingerprint density at radius 1 is 1.24 bits per heavy atom. The average molecular weight is 307 g/mol. The Morgan fingerprint density at radius 3 is 2.67 bits per heavy atom. The van der Waals surface area contributed by atoms with Crippen LogP contribution in [0.25, 0.3) is 0 Å². The van der Waals surface area contributed by atoms with Gasteiger partial charge in [-0.1, -0.05) is 43.2 Å². The van der Waals surface area contributed by atoms with Crippen LogP contribution >= 0.6 is 0 Å². The van der Waals surface area contributed by atoms with E-state index in [-0.39, 0.29) is 5.54 Å². The van der Waals surface area contributed by atoms with E-state index in [1.165, 1.54) is 37.5 Å². The molecule has 116 valence electrons. The molecule has 0 radical (unpaired) electrons. The first-order valence-electron chi connectivity index (χ1n) is 8.01. The Hall–Kier alpha value is -0.870. The van der Waals surface area contributed by atoms with Gasteiger partial charge in [-0.25, -0.2) is 8.42 Å². The van der Waals surface area contributed by atoms with Gasteiger partial charge in [0.15, 0.2) is 0 Å². The van der Waals surface area contributed by atoms with Crippen molar-refractivity contribution in [3.8, 4) is 0 Å². The molecule has 1 saturated carbocycles. The number of fused-ring (bicyclic) bond motifs is 1. The number of hydrogen-bond acceptors (Lipinski definition) is 3. The number of rotatable bonds is 5. The molecule has 0 unspecified atom stereocenters. The monoisotopic (exact) mass is 307 g/mol. The standard InChI is InChI=1S/C17H25NO2S/c1-21(19,20)13-7-12-18-14-16-10-5-6-11-17(16,18)15-8-3-2-4-9-15/h2-4,8-9,16H,5-7,10-14H2,1H3/t16-,17-/m0/s1. The summed E-state index contributed by atoms with van der Waals surface area (Å²) in [5.41, 5.74) is 1.62. The van der Waals surface area contributed by atoms with Crippen LogP contribution in [0.2, 0.25) is 0 Å². The highest BCUT2D eigenvalue weighted by atomic mass is 32.2. The van der Waals surface area contributed by atoms with Crippen molar-refractivity contribution >= 4 is 9.84 Å². The fourth-order valence-electron chi connectivity index (χ4n) is 4.30. The first-order chi connectivity index (χ1) is 10.0. The molecule has 0 N–H and O–H groups in total. The number of sulfone groups is 1. The van der Waals surface area contributed by atoms with Crippen LogP contribution in [-0.4, -0.2) is 38.4 Å². The number of hydrogen-bond donors (Lipinski definition) is 0. The van der Waals surface area contributed by atoms with Crippen LogP contribution in [-0.2, 0) is 15.4 Å². The predicted octanol–water partition coefficient (Wildman–Crippen LogP) is 2.82. The van der Waals surface area contributed by atoms with Crippen molar-refractivity contribution in [2.75, 3.05) is 25.1 Å². The molecule has 1 aliphatic heterocycles. The van der Waals surface area contributed by atoms with Gasteiger partial charge in [-0.2, -0.15) is 0 Å². The average Bonchev–Trinajstić information content (AvgIpc) is 2.44. The second-order valence-electron chi connectivity index (χ2n) is 6.66. The van der Waals surface area contributed by atoms with Crippen molar-refractivity contribution < 1.29 is 8.42 Å². The number of likely N-dealkylation sites (tertiary alicyclic amines) is 1. The minimum atomic E-state index is -2.84. The molecule has 2 fully saturated rings. The molecule has 21 heavy (non-hydrogen) atoms. The van der Waals surface area contributed by atoms with E-state index in [0.717, 1.165) is 25.4 Å². The van der Waals surface area contributed by atoms with Gasteiger partial charge in [-0.15, -0.1) is 0 Å². The van der Waals surface area contributed by atoms with E-state index in [9.17, 15) is 8.42 Å². The Morgan fingerprint density at radius 2 is 2.00 bits per heavy atom. The summed E-state index contributed by atoms with van der Waals surface area (Å²) in [5, 5.41) is 0. The van der Waals surface area contributed by atoms with E-state index in [0.29, 0.717) is 5.75 Å². The van der Waals surface area contributed by atoms with Gasteiger partial charge in [-0.05, 0) is 30.7 Å². The van der Waals surface area contributed by atoms with Gasteiger partial charge in [0.2, 0.25) is 0 Å². The molecule has 3 nitrogen and oxygen atoms in total. The maximum absolute atomic E-state index is 11.3. The molecule has 0 aromatic heterocycles. The summed E-state index contributed by atoms with van der Waals surface area (Å²) in [6.07, 6.45) is 7.25. The lowest BCUT2D eigenvalue weighted by Crippen LogP contribution is -2.66. The highest BCUT2D eigenvalue weighted by Crippen LogP contribution is 2.53. The second kappa shape index (κ2) is 5.73. The molecule has 0 bridgehead atoms. The van der Waals surface area contributed by atoms with Crippen molar-refractivity contribution in [1.82, 2.24) is 4.90 Å². The fraction of sp³-hybridized carbons (Fsp3) is 0.647. The summed E-state index contributed by atoms with van der Waals surface area (Å²) in [4.78, 5) is 2.54. The summed E-state index contributed by atoms with van der Waals surface area (Å²) in [7, 11) is -2.84. The predicted molar refractivity (Wildman–Crippen MR) is 86.0 cm³/mol. The molecule has 0 amide bonds. The van der Waals surface area contributed by atoms with Crippen LogP contribution in [0, 0.1) is 5.92 Å². The van der Waals surface area contributed by atoms with Crippen LogP contribution in [0.15, 0.2) is 30.3 Å². The molecule has 1 aromatic carbocycles. The molecular weight excluding hydrogens is 282 g/mol. The van der Waals surface area contributed by atoms with Gasteiger partial charge < -0.3 is 0 Å². The van der Waals surface area contributed by atoms with Crippen molar-refractivity contribution in [2.45, 2.75) is 37.6 Å². The van der Waals surface area contributed by atoms with E-state index in [4.69, 9.17) is 0 Å². The van der Waals surface area contributed by atoms with Crippen molar-refractivity contribution in [1.29, 1.82) is 0 Å². The number of benzene rings is 1. The normalized spacial score (nSPS) is 29.7. The van der Waals surface area contributed by atoms with Gasteiger partial charge in [0.05, 0.1) is 11.3 Å². The van der Waals surface area contributed by atoms with Crippen LogP contribution in [0.3, 0.4) is 0 Å². The lowest BCUT2D eigenvalue weighted by atomic mass is 9.61. The van der Waals surface area contributed by atoms with Gasteiger partial charge in [0.1, 0.15) is 9.84 Å². The van der Waals surface area contributed by atoms with Crippen molar-refractivity contribution in [2.24, 2.45) is 5.92 Å². The first kappa shape index (κ1) is 15.0. The summed E-state index contributed by atoms with van der Waals surface area (Å²) in [5.74, 6) is 1.06. The van der Waals surface area contributed by atoms with E-state index in [2.05, 4.69) is 35.2 Å². The van der Waals surface area contributed by atoms with Gasteiger partial charge in [0.25, 0.3) is 0 Å². The quantitative estimate of drug-likeness (QED) is 0.839. The van der Waals surface area contributed by atoms with E-state index >= 15 is 0 Å². The van der Waals surface area contributed by atoms with Crippen molar-refractivity contribution in [3.05, 3.63) is 35.9 Å². The molecule has 2 atom stereocenters. The van der Waals surface area contributed by atoms with Crippen LogP contribution < -0.4 is 0 Å². The Kier molecular flexibility index (Phi) is 4.10. The van der Waals surface area contributed by atoms with Crippen LogP contribution in [0.5, 0.6) is 0 Å². The molecule has 0 spiro atoms. The van der Waals surface area contributed by atoms with E-state index in [1.54, 1.807) is 0 Å². The highest BCUT2D eigenvalue weighted by molar-refractivity contribution is 7.90. The lowest BCUT2D eigenvalue weighted by Gasteiger charge is -2.62. The zero-order chi connectivity index (χ0) is 14.9. The molecule has 2 aliphatic rings. The molecule has 1 aliphatic carbocycles. The molecule has 1 aromatic rings. The molecule has 4 heteroatoms. The second-order valence-corrected chi connectivity index (χ2v) is 8.92. The third-order valence-electron chi connectivity index (χ3n) is 5.26. The highest BCUT2D eigenvalue weighted by Gasteiger charge is 2.54. The molecular formula is C17H25NO2S. The summed E-state index contributed by atoms with van der Waals surface area (Å²) in [6, 6.07) is 10.8. The topological polar surface area (TPSA) is 37.4 Å². The summed E-state index contributed by atoms with van der Waals surface area (Å²) >= 11 is 0. The van der Waals surface area contributed by atoms with Crippen molar-refractivity contribution in [3.63, 3.8) is 0 Å². The third kappa shape index (κ3) is 2.88. The first-order valence-corrected chi connectivity index (χ1v) is 10.1. The molecule has 1 heterocycles. The zero-order valence-corrected chi connectivity index (χ0v) is 13.6. The minimum Gasteiger partial charge on any atom is -0.293 e. The summed E-state index contributed by atoms with van der Waals surface area (Å²) < 4.78 is 22.7. The number of nitrogens with zero attached hydrogens (tertiary/aromatic N) is 1. The van der Waals surface area contributed by atoms with Gasteiger partial charge in [-0.3, -0.25) is 4.90 Å². The van der Waals surface area contributed by atoms with Gasteiger partial charge in [0, 0.05) is 19.3 Å². The Labute approximate surface area is 128 Å². The molecule has 3 rings (SSSR count). The third-order valence-corrected chi connectivity index (χ3v) is 6.29. The van der Waals surface area contributed by atoms with Gasteiger partial charge >= 0.3 is 0 Å².